The zero-order chi connectivity index (χ0) is 17.1. The van der Waals surface area contributed by atoms with E-state index in [4.69, 9.17) is 0 Å². The highest BCUT2D eigenvalue weighted by molar-refractivity contribution is 5.22. The number of nitrogens with zero attached hydrogens (tertiary/aromatic N) is 2. The van der Waals surface area contributed by atoms with Crippen molar-refractivity contribution in [2.75, 3.05) is 0 Å². The Morgan fingerprint density at radius 2 is 1.82 bits per heavy atom. The van der Waals surface area contributed by atoms with Crippen LogP contribution in [-0.4, -0.2) is 11.6 Å². The second kappa shape index (κ2) is 7.47. The quantitative estimate of drug-likeness (QED) is 0.413. The number of nitroso groups, excluding NO2 is 2. The molecule has 4 nitrogen and oxygen atoms in total. The molecule has 0 heterocycles. The summed E-state index contributed by atoms with van der Waals surface area (Å²) in [6, 6.07) is -0.137. The van der Waals surface area contributed by atoms with Gasteiger partial charge < -0.3 is 0 Å². The second-order valence-corrected chi connectivity index (χ2v) is 7.31. The molecule has 1 aliphatic carbocycles. The number of hydrogen-bond acceptors (Lipinski definition) is 4. The van der Waals surface area contributed by atoms with Crippen molar-refractivity contribution < 1.29 is 0 Å². The molecule has 4 heteroatoms. The molecule has 0 saturated heterocycles. The molecule has 1 aliphatic rings. The van der Waals surface area contributed by atoms with Gasteiger partial charge in [0.15, 0.2) is 0 Å². The third kappa shape index (κ3) is 3.31. The average molecular weight is 308 g/mol. The van der Waals surface area contributed by atoms with Crippen LogP contribution in [0, 0.1) is 39.4 Å². The van der Waals surface area contributed by atoms with Gasteiger partial charge >= 0.3 is 0 Å². The van der Waals surface area contributed by atoms with Gasteiger partial charge in [0.25, 0.3) is 0 Å². The van der Waals surface area contributed by atoms with Gasteiger partial charge in [-0.2, -0.15) is 4.91 Å². The van der Waals surface area contributed by atoms with E-state index in [9.17, 15) is 9.81 Å². The highest BCUT2D eigenvalue weighted by Gasteiger charge is 2.56. The molecule has 1 unspecified atom stereocenters. The van der Waals surface area contributed by atoms with E-state index in [0.29, 0.717) is 23.7 Å². The van der Waals surface area contributed by atoms with E-state index in [2.05, 4.69) is 44.1 Å². The highest BCUT2D eigenvalue weighted by Crippen LogP contribution is 2.57. The van der Waals surface area contributed by atoms with E-state index in [-0.39, 0.29) is 12.0 Å². The predicted molar refractivity (Wildman–Crippen MR) is 92.6 cm³/mol. The lowest BCUT2D eigenvalue weighted by atomic mass is 9.71. The van der Waals surface area contributed by atoms with Crippen molar-refractivity contribution in [1.29, 1.82) is 0 Å². The van der Waals surface area contributed by atoms with Gasteiger partial charge in [-0.3, -0.25) is 0 Å². The average Bonchev–Trinajstić information content (AvgIpc) is 3.20. The molecule has 0 aromatic heterocycles. The maximum absolute atomic E-state index is 11.7. The minimum Gasteiger partial charge on any atom is -0.151 e. The van der Waals surface area contributed by atoms with Crippen LogP contribution in [0.5, 0.6) is 0 Å². The Bertz CT molecular complexity index is 435. The molecule has 0 aliphatic heterocycles. The van der Waals surface area contributed by atoms with Gasteiger partial charge in [-0.15, -0.1) is 4.91 Å². The molecule has 1 fully saturated rings. The predicted octanol–water partition coefficient (Wildman–Crippen LogP) is 5.57. The Morgan fingerprint density at radius 3 is 2.23 bits per heavy atom. The summed E-state index contributed by atoms with van der Waals surface area (Å²) in [4.78, 5) is 22.5. The topological polar surface area (TPSA) is 58.9 Å². The molecule has 0 radical (unpaired) electrons. The molecule has 0 aromatic carbocycles. The van der Waals surface area contributed by atoms with Crippen LogP contribution < -0.4 is 0 Å². The van der Waals surface area contributed by atoms with E-state index in [1.165, 1.54) is 0 Å². The number of rotatable bonds is 9. The first-order valence-electron chi connectivity index (χ1n) is 8.62. The van der Waals surface area contributed by atoms with Crippen LogP contribution in [0.25, 0.3) is 0 Å². The Hall–Kier alpha value is -1.06. The van der Waals surface area contributed by atoms with Crippen LogP contribution in [-0.2, 0) is 0 Å². The fraction of sp³-hybridized carbons (Fsp3) is 0.889. The molecule has 0 spiro atoms. The third-order valence-corrected chi connectivity index (χ3v) is 6.23. The van der Waals surface area contributed by atoms with Crippen LogP contribution in [0.3, 0.4) is 0 Å². The van der Waals surface area contributed by atoms with Gasteiger partial charge in [-0.05, 0) is 62.4 Å². The monoisotopic (exact) mass is 308 g/mol. The summed E-state index contributed by atoms with van der Waals surface area (Å²) in [6.07, 6.45) is 3.98. The largest absolute Gasteiger partial charge is 0.151 e. The van der Waals surface area contributed by atoms with E-state index >= 15 is 0 Å². The molecule has 0 N–H and O–H groups in total. The number of hydrogen-bond donors (Lipinski definition) is 0. The molecule has 0 aromatic rings. The highest BCUT2D eigenvalue weighted by atomic mass is 16.3. The van der Waals surface area contributed by atoms with Crippen molar-refractivity contribution in [1.82, 2.24) is 0 Å². The van der Waals surface area contributed by atoms with E-state index in [1.54, 1.807) is 0 Å². The van der Waals surface area contributed by atoms with Crippen LogP contribution in [0.15, 0.2) is 22.0 Å². The maximum atomic E-state index is 11.7. The first-order valence-corrected chi connectivity index (χ1v) is 8.62. The Balaban J connectivity index is 2.95. The Kier molecular flexibility index (Phi) is 6.45. The fourth-order valence-corrected chi connectivity index (χ4v) is 4.42. The second-order valence-electron chi connectivity index (χ2n) is 7.31. The molecule has 22 heavy (non-hydrogen) atoms. The summed E-state index contributed by atoms with van der Waals surface area (Å²) in [5.74, 6) is 1.81. The summed E-state index contributed by atoms with van der Waals surface area (Å²) in [6.45, 7) is 14.5. The third-order valence-electron chi connectivity index (χ3n) is 6.23. The SMILES string of the molecule is C/C=C(\CCC)[C@@](C)(N=O)[C@H](C)[C@H](C)[C@H]1C(C)[C@H]1[C@H](C)N=O. The van der Waals surface area contributed by atoms with E-state index < -0.39 is 5.54 Å². The maximum Gasteiger partial charge on any atom is 0.123 e. The smallest absolute Gasteiger partial charge is 0.123 e. The standard InChI is InChI=1S/C18H32N2O2/c1-8-10-15(9-2)18(7,20-22)13(5)11(3)16-12(4)17(16)14(6)19-21/h9,11-14,16-17H,8,10H2,1-7H3/b15-9+/t11-,12?,13+,14-,16-,17-,18-/m0/s1. The van der Waals surface area contributed by atoms with E-state index in [0.717, 1.165) is 18.4 Å². The lowest BCUT2D eigenvalue weighted by Crippen LogP contribution is -2.38. The van der Waals surface area contributed by atoms with Crippen LogP contribution in [0.4, 0.5) is 0 Å². The minimum atomic E-state index is -0.658. The lowest BCUT2D eigenvalue weighted by molar-refractivity contribution is 0.226. The molecule has 7 atom stereocenters. The van der Waals surface area contributed by atoms with Crippen molar-refractivity contribution in [3.8, 4) is 0 Å². The molecular weight excluding hydrogens is 276 g/mol. The summed E-state index contributed by atoms with van der Waals surface area (Å²) in [5.41, 5.74) is 0.477. The zero-order valence-electron chi connectivity index (χ0n) is 15.2. The number of allylic oxidation sites excluding steroid dienone is 1. The first kappa shape index (κ1) is 19.0. The summed E-state index contributed by atoms with van der Waals surface area (Å²) in [5, 5.41) is 6.76. The van der Waals surface area contributed by atoms with Gasteiger partial charge in [0.1, 0.15) is 5.54 Å². The Morgan fingerprint density at radius 1 is 1.23 bits per heavy atom. The Labute approximate surface area is 135 Å². The van der Waals surface area contributed by atoms with Gasteiger partial charge in [-0.1, -0.05) is 50.5 Å². The van der Waals surface area contributed by atoms with Crippen LogP contribution in [0.1, 0.15) is 61.3 Å². The zero-order valence-corrected chi connectivity index (χ0v) is 15.2. The van der Waals surface area contributed by atoms with Gasteiger partial charge in [-0.25, -0.2) is 0 Å². The fourth-order valence-electron chi connectivity index (χ4n) is 4.42. The normalized spacial score (nSPS) is 31.8. The molecule has 126 valence electrons. The molecular formula is C18H32N2O2. The van der Waals surface area contributed by atoms with E-state index in [1.807, 2.05) is 20.8 Å². The van der Waals surface area contributed by atoms with Crippen LogP contribution in [0.2, 0.25) is 0 Å². The first-order chi connectivity index (χ1) is 10.3. The van der Waals surface area contributed by atoms with Gasteiger partial charge in [0.2, 0.25) is 0 Å². The van der Waals surface area contributed by atoms with Crippen molar-refractivity contribution in [2.45, 2.75) is 72.9 Å². The van der Waals surface area contributed by atoms with Gasteiger partial charge in [0.05, 0.1) is 6.04 Å². The van der Waals surface area contributed by atoms with Gasteiger partial charge in [0, 0.05) is 0 Å². The van der Waals surface area contributed by atoms with Crippen molar-refractivity contribution >= 4 is 0 Å². The van der Waals surface area contributed by atoms with Crippen molar-refractivity contribution in [2.24, 2.45) is 39.9 Å². The summed E-state index contributed by atoms with van der Waals surface area (Å²) in [7, 11) is 0. The molecule has 1 saturated carbocycles. The molecule has 0 bridgehead atoms. The lowest BCUT2D eigenvalue weighted by Gasteiger charge is -2.36. The molecule has 0 amide bonds. The molecule has 1 rings (SSSR count). The van der Waals surface area contributed by atoms with Crippen LogP contribution >= 0.6 is 0 Å². The summed E-state index contributed by atoms with van der Waals surface area (Å²) >= 11 is 0. The van der Waals surface area contributed by atoms with Crippen molar-refractivity contribution in [3.05, 3.63) is 21.5 Å². The van der Waals surface area contributed by atoms with Crippen molar-refractivity contribution in [3.63, 3.8) is 0 Å². The minimum absolute atomic E-state index is 0.137. The summed E-state index contributed by atoms with van der Waals surface area (Å²) < 4.78 is 0.